The van der Waals surface area contributed by atoms with E-state index in [9.17, 15) is 8.42 Å². The normalized spacial score (nSPS) is 11.3. The quantitative estimate of drug-likeness (QED) is 0.904. The van der Waals surface area contributed by atoms with Crippen LogP contribution in [0.15, 0.2) is 18.2 Å². The first-order chi connectivity index (χ1) is 8.34. The Kier molecular flexibility index (Phi) is 5.00. The number of nitrogens with zero attached hydrogens (tertiary/aromatic N) is 1. The number of hydrogen-bond acceptors (Lipinski definition) is 3. The summed E-state index contributed by atoms with van der Waals surface area (Å²) in [5.41, 5.74) is 0.612. The molecular weight excluding hydrogens is 272 g/mol. The maximum Gasteiger partial charge on any atom is 0.232 e. The summed E-state index contributed by atoms with van der Waals surface area (Å²) in [5, 5.41) is 9.04. The third-order valence-corrected chi connectivity index (χ3v) is 3.96. The molecule has 0 fully saturated rings. The standard InChI is InChI=1S/C12H15ClN2O2S/c1-9(2)5-6-18(16,17)15-12-7-10(8-14)3-4-11(12)13/h3-4,7,9,15H,5-6H2,1-2H3. The second kappa shape index (κ2) is 6.07. The van der Waals surface area contributed by atoms with Crippen molar-refractivity contribution in [2.24, 2.45) is 5.92 Å². The van der Waals surface area contributed by atoms with Gasteiger partial charge in [0.25, 0.3) is 0 Å². The fourth-order valence-corrected chi connectivity index (χ4v) is 2.89. The smallest absolute Gasteiger partial charge is 0.232 e. The molecule has 1 rings (SSSR count). The summed E-state index contributed by atoms with van der Waals surface area (Å²) in [4.78, 5) is 0. The van der Waals surface area contributed by atoms with Gasteiger partial charge in [0.1, 0.15) is 0 Å². The maximum atomic E-state index is 11.8. The number of rotatable bonds is 5. The Hall–Kier alpha value is -1.25. The van der Waals surface area contributed by atoms with E-state index in [0.717, 1.165) is 0 Å². The van der Waals surface area contributed by atoms with Crippen molar-refractivity contribution in [1.82, 2.24) is 0 Å². The summed E-state index contributed by atoms with van der Waals surface area (Å²) in [5.74, 6) is 0.347. The number of nitriles is 1. The predicted octanol–water partition coefficient (Wildman–Crippen LogP) is 3.00. The van der Waals surface area contributed by atoms with Crippen molar-refractivity contribution in [3.63, 3.8) is 0 Å². The van der Waals surface area contributed by atoms with E-state index in [1.807, 2.05) is 19.9 Å². The average Bonchev–Trinajstić information content (AvgIpc) is 2.29. The molecule has 0 aliphatic heterocycles. The van der Waals surface area contributed by atoms with Gasteiger partial charge in [0.2, 0.25) is 10.0 Å². The fourth-order valence-electron chi connectivity index (χ4n) is 1.28. The van der Waals surface area contributed by atoms with E-state index >= 15 is 0 Å². The summed E-state index contributed by atoms with van der Waals surface area (Å²) in [6.07, 6.45) is 0.574. The third-order valence-electron chi connectivity index (χ3n) is 2.32. The van der Waals surface area contributed by atoms with Gasteiger partial charge in [0, 0.05) is 0 Å². The van der Waals surface area contributed by atoms with Crippen molar-refractivity contribution >= 4 is 27.3 Å². The van der Waals surface area contributed by atoms with Crippen LogP contribution in [0, 0.1) is 17.2 Å². The van der Waals surface area contributed by atoms with Crippen molar-refractivity contribution in [2.75, 3.05) is 10.5 Å². The minimum absolute atomic E-state index is 0.0395. The molecule has 4 nitrogen and oxygen atoms in total. The minimum Gasteiger partial charge on any atom is -0.282 e. The van der Waals surface area contributed by atoms with Crippen molar-refractivity contribution in [3.8, 4) is 6.07 Å². The van der Waals surface area contributed by atoms with Crippen LogP contribution in [0.25, 0.3) is 0 Å². The molecule has 0 spiro atoms. The van der Waals surface area contributed by atoms with E-state index in [1.54, 1.807) is 0 Å². The van der Waals surface area contributed by atoms with E-state index in [1.165, 1.54) is 18.2 Å². The Bertz CT molecular complexity index is 562. The molecule has 0 saturated carbocycles. The topological polar surface area (TPSA) is 70.0 Å². The zero-order valence-corrected chi connectivity index (χ0v) is 11.8. The van der Waals surface area contributed by atoms with E-state index in [-0.39, 0.29) is 16.5 Å². The van der Waals surface area contributed by atoms with Gasteiger partial charge in [0.15, 0.2) is 0 Å². The Morgan fingerprint density at radius 2 is 2.11 bits per heavy atom. The first-order valence-electron chi connectivity index (χ1n) is 5.54. The highest BCUT2D eigenvalue weighted by molar-refractivity contribution is 7.92. The Balaban J connectivity index is 2.87. The van der Waals surface area contributed by atoms with Gasteiger partial charge in [-0.2, -0.15) is 5.26 Å². The van der Waals surface area contributed by atoms with Crippen LogP contribution >= 0.6 is 11.6 Å². The largest absolute Gasteiger partial charge is 0.282 e. The first kappa shape index (κ1) is 14.8. The van der Waals surface area contributed by atoms with Crippen LogP contribution in [0.3, 0.4) is 0 Å². The molecule has 1 aromatic carbocycles. The second-order valence-corrected chi connectivity index (χ2v) is 6.66. The van der Waals surface area contributed by atoms with Crippen LogP contribution < -0.4 is 4.72 Å². The van der Waals surface area contributed by atoms with Gasteiger partial charge in [-0.05, 0) is 30.5 Å². The predicted molar refractivity (Wildman–Crippen MR) is 73.0 cm³/mol. The van der Waals surface area contributed by atoms with Crippen LogP contribution in [0.5, 0.6) is 0 Å². The van der Waals surface area contributed by atoms with Crippen LogP contribution in [0.2, 0.25) is 5.02 Å². The molecule has 0 aromatic heterocycles. The molecule has 0 bridgehead atoms. The van der Waals surface area contributed by atoms with Crippen molar-refractivity contribution in [3.05, 3.63) is 28.8 Å². The third kappa shape index (κ3) is 4.55. The molecule has 0 aliphatic carbocycles. The molecule has 6 heteroatoms. The SMILES string of the molecule is CC(C)CCS(=O)(=O)Nc1cc(C#N)ccc1Cl. The number of sulfonamides is 1. The molecule has 0 unspecified atom stereocenters. The van der Waals surface area contributed by atoms with E-state index in [4.69, 9.17) is 16.9 Å². The van der Waals surface area contributed by atoms with Crippen LogP contribution in [0.1, 0.15) is 25.8 Å². The monoisotopic (exact) mass is 286 g/mol. The van der Waals surface area contributed by atoms with Gasteiger partial charge < -0.3 is 0 Å². The fraction of sp³-hybridized carbons (Fsp3) is 0.417. The molecule has 1 N–H and O–H groups in total. The summed E-state index contributed by atoms with van der Waals surface area (Å²) < 4.78 is 26.0. The van der Waals surface area contributed by atoms with E-state index in [0.29, 0.717) is 17.9 Å². The van der Waals surface area contributed by atoms with Gasteiger partial charge in [-0.3, -0.25) is 4.72 Å². The van der Waals surface area contributed by atoms with E-state index in [2.05, 4.69) is 4.72 Å². The molecule has 0 heterocycles. The van der Waals surface area contributed by atoms with Crippen LogP contribution in [-0.4, -0.2) is 14.2 Å². The molecule has 0 radical (unpaired) electrons. The van der Waals surface area contributed by atoms with Gasteiger partial charge in [-0.15, -0.1) is 0 Å². The van der Waals surface area contributed by atoms with Gasteiger partial charge in [-0.1, -0.05) is 25.4 Å². The average molecular weight is 287 g/mol. The lowest BCUT2D eigenvalue weighted by molar-refractivity contribution is 0.578. The zero-order chi connectivity index (χ0) is 13.8. The second-order valence-electron chi connectivity index (χ2n) is 4.41. The Morgan fingerprint density at radius 1 is 1.44 bits per heavy atom. The van der Waals surface area contributed by atoms with Crippen LogP contribution in [-0.2, 0) is 10.0 Å². The molecule has 1 aromatic rings. The molecule has 0 atom stereocenters. The molecular formula is C12H15ClN2O2S. The number of anilines is 1. The number of benzene rings is 1. The highest BCUT2D eigenvalue weighted by Crippen LogP contribution is 2.24. The van der Waals surface area contributed by atoms with Gasteiger partial charge in [-0.25, -0.2) is 8.42 Å². The summed E-state index contributed by atoms with van der Waals surface area (Å²) >= 11 is 5.89. The maximum absolute atomic E-state index is 11.8. The lowest BCUT2D eigenvalue weighted by Crippen LogP contribution is -2.18. The minimum atomic E-state index is -3.42. The molecule has 18 heavy (non-hydrogen) atoms. The first-order valence-corrected chi connectivity index (χ1v) is 7.57. The molecule has 0 amide bonds. The summed E-state index contributed by atoms with van der Waals surface area (Å²) in [7, 11) is -3.42. The zero-order valence-electron chi connectivity index (χ0n) is 10.3. The number of nitrogens with one attached hydrogen (secondary N) is 1. The summed E-state index contributed by atoms with van der Waals surface area (Å²) in [6, 6.07) is 6.40. The van der Waals surface area contributed by atoms with E-state index < -0.39 is 10.0 Å². The highest BCUT2D eigenvalue weighted by atomic mass is 35.5. The Morgan fingerprint density at radius 3 is 2.67 bits per heavy atom. The Labute approximate surface area is 113 Å². The van der Waals surface area contributed by atoms with Gasteiger partial charge in [0.05, 0.1) is 28.1 Å². The number of hydrogen-bond donors (Lipinski definition) is 1. The highest BCUT2D eigenvalue weighted by Gasteiger charge is 2.13. The van der Waals surface area contributed by atoms with Crippen molar-refractivity contribution in [1.29, 1.82) is 5.26 Å². The van der Waals surface area contributed by atoms with Gasteiger partial charge >= 0.3 is 0 Å². The molecule has 0 saturated heterocycles. The molecule has 0 aliphatic rings. The van der Waals surface area contributed by atoms with Crippen molar-refractivity contribution in [2.45, 2.75) is 20.3 Å². The lowest BCUT2D eigenvalue weighted by Gasteiger charge is -2.10. The lowest BCUT2D eigenvalue weighted by atomic mass is 10.2. The van der Waals surface area contributed by atoms with Crippen LogP contribution in [0.4, 0.5) is 5.69 Å². The number of halogens is 1. The molecule has 98 valence electrons. The summed E-state index contributed by atoms with van der Waals surface area (Å²) in [6.45, 7) is 3.91. The van der Waals surface area contributed by atoms with Crippen molar-refractivity contribution < 1.29 is 8.42 Å².